The maximum absolute atomic E-state index is 13.9. The fraction of sp³-hybridized carbons (Fsp3) is 0.312. The van der Waals surface area contributed by atoms with Crippen molar-refractivity contribution in [3.05, 3.63) is 89.2 Å². The number of hydrogen-bond acceptors (Lipinski definition) is 7. The van der Waals surface area contributed by atoms with Crippen LogP contribution in [-0.4, -0.2) is 34.9 Å². The number of nitrogens with one attached hydrogen (secondary N) is 1. The summed E-state index contributed by atoms with van der Waals surface area (Å²) in [6.45, 7) is 4.42. The summed E-state index contributed by atoms with van der Waals surface area (Å²) in [5.41, 5.74) is 8.83. The Hall–Kier alpha value is -4.35. The highest BCUT2D eigenvalue weighted by Crippen LogP contribution is 2.33. The fourth-order valence-corrected chi connectivity index (χ4v) is 4.56. The first-order chi connectivity index (χ1) is 20.2. The molecular weight excluding hydrogens is 565 g/mol. The molecule has 4 N–H and O–H groups in total. The van der Waals surface area contributed by atoms with Gasteiger partial charge >= 0.3 is 18.1 Å². The molecule has 0 saturated heterocycles. The van der Waals surface area contributed by atoms with Gasteiger partial charge in [0.05, 0.1) is 12.7 Å². The zero-order valence-corrected chi connectivity index (χ0v) is 24.0. The van der Waals surface area contributed by atoms with Gasteiger partial charge in [-0.1, -0.05) is 36.4 Å². The van der Waals surface area contributed by atoms with Crippen LogP contribution in [0, 0.1) is 0 Å². The Morgan fingerprint density at radius 1 is 0.977 bits per heavy atom. The summed E-state index contributed by atoms with van der Waals surface area (Å²) >= 11 is 0. The minimum atomic E-state index is -4.90. The summed E-state index contributed by atoms with van der Waals surface area (Å²) < 4.78 is 58.6. The van der Waals surface area contributed by atoms with E-state index in [1.54, 1.807) is 30.3 Å². The third-order valence-electron chi connectivity index (χ3n) is 6.49. The fourth-order valence-electron chi connectivity index (χ4n) is 4.56. The van der Waals surface area contributed by atoms with Crippen molar-refractivity contribution in [2.45, 2.75) is 64.7 Å². The van der Waals surface area contributed by atoms with Crippen LogP contribution in [0.2, 0.25) is 0 Å². The van der Waals surface area contributed by atoms with Crippen molar-refractivity contribution in [3.8, 4) is 16.9 Å². The molecule has 1 atom stereocenters. The Morgan fingerprint density at radius 2 is 1.72 bits per heavy atom. The van der Waals surface area contributed by atoms with Crippen LogP contribution in [0.3, 0.4) is 0 Å². The predicted octanol–water partition coefficient (Wildman–Crippen LogP) is 6.13. The summed E-state index contributed by atoms with van der Waals surface area (Å²) in [6, 6.07) is 15.2. The van der Waals surface area contributed by atoms with E-state index in [1.165, 1.54) is 27.0 Å². The molecule has 3 aromatic carbocycles. The molecule has 11 heteroatoms. The number of hydrogen-bond donors (Lipinski definition) is 3. The third-order valence-corrected chi connectivity index (χ3v) is 6.49. The van der Waals surface area contributed by atoms with E-state index in [4.69, 9.17) is 19.6 Å². The number of aliphatic carboxylic acids is 1. The molecule has 43 heavy (non-hydrogen) atoms. The lowest BCUT2D eigenvalue weighted by molar-refractivity contribution is -0.192. The maximum Gasteiger partial charge on any atom is 0.414 e. The van der Waals surface area contributed by atoms with Gasteiger partial charge < -0.3 is 24.7 Å². The maximum atomic E-state index is 13.9. The molecule has 4 aromatic rings. The monoisotopic (exact) mass is 598 g/mol. The van der Waals surface area contributed by atoms with Crippen LogP contribution < -0.4 is 15.8 Å². The Labute approximate surface area is 246 Å². The van der Waals surface area contributed by atoms with Crippen LogP contribution in [0.1, 0.15) is 43.0 Å². The van der Waals surface area contributed by atoms with E-state index >= 15 is 0 Å². The van der Waals surface area contributed by atoms with Gasteiger partial charge in [0.25, 0.3) is 0 Å². The number of fused-ring (bicyclic) bond motifs is 1. The number of halogens is 3. The summed E-state index contributed by atoms with van der Waals surface area (Å²) in [5.74, 6) is -2.05. The number of furan rings is 1. The third kappa shape index (κ3) is 8.14. The highest BCUT2D eigenvalue weighted by Gasteiger charge is 2.47. The number of esters is 1. The SMILES string of the molecule is CC(C)(C)OC(=O)C(NCc1cc(-c2cccc(CN)c2)cc2c(COc3ccccc3CC(=O)O)coc12)C(F)(F)F. The van der Waals surface area contributed by atoms with Crippen molar-refractivity contribution in [1.82, 2.24) is 5.32 Å². The predicted molar refractivity (Wildman–Crippen MR) is 154 cm³/mol. The molecule has 0 bridgehead atoms. The van der Waals surface area contributed by atoms with E-state index in [0.717, 1.165) is 11.1 Å². The molecule has 0 spiro atoms. The Morgan fingerprint density at radius 3 is 2.40 bits per heavy atom. The zero-order valence-electron chi connectivity index (χ0n) is 24.0. The summed E-state index contributed by atoms with van der Waals surface area (Å²) in [4.78, 5) is 23.8. The van der Waals surface area contributed by atoms with Crippen LogP contribution in [0.5, 0.6) is 5.75 Å². The topological polar surface area (TPSA) is 124 Å². The highest BCUT2D eigenvalue weighted by atomic mass is 19.4. The first kappa shape index (κ1) is 31.6. The average molecular weight is 599 g/mol. The van der Waals surface area contributed by atoms with Gasteiger partial charge in [0.2, 0.25) is 6.04 Å². The van der Waals surface area contributed by atoms with E-state index in [9.17, 15) is 27.9 Å². The second-order valence-electron chi connectivity index (χ2n) is 11.0. The summed E-state index contributed by atoms with van der Waals surface area (Å²) in [7, 11) is 0. The number of carboxylic acid groups (broad SMARTS) is 1. The van der Waals surface area contributed by atoms with Gasteiger partial charge in [0.15, 0.2) is 0 Å². The van der Waals surface area contributed by atoms with E-state index in [1.807, 2.05) is 30.3 Å². The molecule has 8 nitrogen and oxygen atoms in total. The van der Waals surface area contributed by atoms with E-state index in [2.05, 4.69) is 5.32 Å². The van der Waals surface area contributed by atoms with Crippen molar-refractivity contribution >= 4 is 22.9 Å². The smallest absolute Gasteiger partial charge is 0.414 e. The first-order valence-corrected chi connectivity index (χ1v) is 13.5. The Balaban J connectivity index is 1.72. The van der Waals surface area contributed by atoms with Crippen LogP contribution in [0.25, 0.3) is 22.1 Å². The van der Waals surface area contributed by atoms with Gasteiger partial charge in [-0.05, 0) is 61.7 Å². The molecule has 0 amide bonds. The largest absolute Gasteiger partial charge is 0.488 e. The molecule has 228 valence electrons. The van der Waals surface area contributed by atoms with Crippen LogP contribution in [-0.2, 0) is 40.4 Å². The van der Waals surface area contributed by atoms with Gasteiger partial charge in [0.1, 0.15) is 23.5 Å². The van der Waals surface area contributed by atoms with Crippen molar-refractivity contribution < 1.29 is 41.8 Å². The second-order valence-corrected chi connectivity index (χ2v) is 11.0. The molecule has 1 unspecified atom stereocenters. The molecule has 0 saturated carbocycles. The van der Waals surface area contributed by atoms with Gasteiger partial charge in [-0.15, -0.1) is 0 Å². The van der Waals surface area contributed by atoms with Gasteiger partial charge in [-0.3, -0.25) is 10.1 Å². The van der Waals surface area contributed by atoms with E-state index in [-0.39, 0.29) is 19.6 Å². The molecular formula is C32H33F3N2O6. The lowest BCUT2D eigenvalue weighted by Gasteiger charge is -2.26. The zero-order chi connectivity index (χ0) is 31.4. The molecule has 0 fully saturated rings. The number of nitrogens with two attached hydrogens (primary N) is 1. The molecule has 0 aliphatic carbocycles. The second kappa shape index (κ2) is 12.9. The van der Waals surface area contributed by atoms with E-state index < -0.39 is 29.8 Å². The number of alkyl halides is 3. The lowest BCUT2D eigenvalue weighted by Crippen LogP contribution is -2.50. The Bertz CT molecular complexity index is 1610. The van der Waals surface area contributed by atoms with Gasteiger partial charge in [0, 0.05) is 35.2 Å². The lowest BCUT2D eigenvalue weighted by atomic mass is 9.97. The standard InChI is InChI=1S/C32H33F3N2O6/c1-31(2,3)43-30(40)29(32(33,34)35)37-16-23-12-22(20-9-6-7-19(11-20)15-36)13-25-24(18-42-28(23)25)17-41-26-10-5-4-8-21(26)14-27(38)39/h4-13,18,29,37H,14-17,36H2,1-3H3,(H,38,39). The summed E-state index contributed by atoms with van der Waals surface area (Å²) in [5, 5.41) is 12.1. The number of rotatable bonds is 11. The molecule has 0 radical (unpaired) electrons. The molecule has 0 aliphatic heterocycles. The number of carboxylic acids is 1. The molecule has 0 aliphatic rings. The average Bonchev–Trinajstić information content (AvgIpc) is 3.33. The number of ether oxygens (including phenoxy) is 2. The number of benzene rings is 3. The quantitative estimate of drug-likeness (QED) is 0.176. The number of para-hydroxylation sites is 1. The normalized spacial score (nSPS) is 12.7. The minimum absolute atomic E-state index is 0.00583. The first-order valence-electron chi connectivity index (χ1n) is 13.5. The van der Waals surface area contributed by atoms with Gasteiger partial charge in [-0.25, -0.2) is 4.79 Å². The van der Waals surface area contributed by atoms with Crippen molar-refractivity contribution in [1.29, 1.82) is 0 Å². The van der Waals surface area contributed by atoms with Crippen LogP contribution in [0.15, 0.2) is 71.3 Å². The minimum Gasteiger partial charge on any atom is -0.488 e. The van der Waals surface area contributed by atoms with Crippen LogP contribution >= 0.6 is 0 Å². The Kier molecular flexibility index (Phi) is 9.46. The van der Waals surface area contributed by atoms with Crippen LogP contribution in [0.4, 0.5) is 13.2 Å². The van der Waals surface area contributed by atoms with Crippen molar-refractivity contribution in [3.63, 3.8) is 0 Å². The number of carbonyl (C=O) groups is 2. The van der Waals surface area contributed by atoms with Gasteiger partial charge in [-0.2, -0.15) is 13.2 Å². The van der Waals surface area contributed by atoms with Crippen molar-refractivity contribution in [2.24, 2.45) is 5.73 Å². The van der Waals surface area contributed by atoms with Crippen molar-refractivity contribution in [2.75, 3.05) is 0 Å². The molecule has 4 rings (SSSR count). The van der Waals surface area contributed by atoms with E-state index in [0.29, 0.717) is 45.5 Å². The summed E-state index contributed by atoms with van der Waals surface area (Å²) in [6.07, 6.45) is -3.68. The molecule has 1 aromatic heterocycles. The number of carbonyl (C=O) groups excluding carboxylic acids is 1. The molecule has 1 heterocycles. The highest BCUT2D eigenvalue weighted by molar-refractivity contribution is 5.89.